The van der Waals surface area contributed by atoms with E-state index < -0.39 is 12.1 Å². The largest absolute Gasteiger partial charge is 0.394 e. The van der Waals surface area contributed by atoms with Crippen LogP contribution in [0.5, 0.6) is 0 Å². The maximum absolute atomic E-state index is 12.5. The van der Waals surface area contributed by atoms with Gasteiger partial charge in [0.25, 0.3) is 0 Å². The van der Waals surface area contributed by atoms with E-state index in [0.29, 0.717) is 6.42 Å². The van der Waals surface area contributed by atoms with Crippen molar-refractivity contribution >= 4 is 5.91 Å². The highest BCUT2D eigenvalue weighted by Crippen LogP contribution is 2.19. The van der Waals surface area contributed by atoms with Gasteiger partial charge in [-0.2, -0.15) is 0 Å². The van der Waals surface area contributed by atoms with E-state index in [0.717, 1.165) is 38.5 Å². The number of nitrogens with one attached hydrogen (secondary N) is 1. The molecule has 0 saturated heterocycles. The van der Waals surface area contributed by atoms with Crippen molar-refractivity contribution in [3.05, 3.63) is 36.5 Å². The zero-order chi connectivity index (χ0) is 54.1. The Morgan fingerprint density at radius 1 is 0.307 bits per heavy atom. The van der Waals surface area contributed by atoms with Crippen molar-refractivity contribution < 1.29 is 15.0 Å². The van der Waals surface area contributed by atoms with Crippen LogP contribution in [0.4, 0.5) is 0 Å². The highest BCUT2D eigenvalue weighted by Gasteiger charge is 2.18. The van der Waals surface area contributed by atoms with Crippen LogP contribution in [0.2, 0.25) is 0 Å². The van der Waals surface area contributed by atoms with Crippen LogP contribution >= 0.6 is 0 Å². The molecule has 2 atom stereocenters. The highest BCUT2D eigenvalue weighted by atomic mass is 16.3. The first kappa shape index (κ1) is 73.6. The van der Waals surface area contributed by atoms with Gasteiger partial charge in [-0.05, 0) is 44.9 Å². The highest BCUT2D eigenvalue weighted by molar-refractivity contribution is 5.76. The molecule has 4 heteroatoms. The number of allylic oxidation sites excluding steroid dienone is 5. The van der Waals surface area contributed by atoms with E-state index >= 15 is 0 Å². The Hall–Kier alpha value is -1.39. The summed E-state index contributed by atoms with van der Waals surface area (Å²) in [6.07, 6.45) is 92.4. The number of rotatable bonds is 65. The summed E-state index contributed by atoms with van der Waals surface area (Å²) in [6.45, 7) is 4.35. The number of aliphatic hydroxyl groups is 2. The Kier molecular flexibility index (Phi) is 65.6. The van der Waals surface area contributed by atoms with Gasteiger partial charge in [0.1, 0.15) is 0 Å². The second-order valence-corrected chi connectivity index (χ2v) is 23.9. The quantitative estimate of drug-likeness (QED) is 0.0420. The summed E-state index contributed by atoms with van der Waals surface area (Å²) in [7, 11) is 0. The van der Waals surface area contributed by atoms with Gasteiger partial charge in [0.15, 0.2) is 0 Å². The Balaban J connectivity index is 3.46. The molecule has 0 aromatic heterocycles. The molecule has 75 heavy (non-hydrogen) atoms. The molecule has 0 radical (unpaired) electrons. The van der Waals surface area contributed by atoms with E-state index in [-0.39, 0.29) is 12.5 Å². The van der Waals surface area contributed by atoms with Crippen LogP contribution in [0.3, 0.4) is 0 Å². The number of hydrogen-bond acceptors (Lipinski definition) is 3. The molecule has 0 spiro atoms. The monoisotopic (exact) mass is 1050 g/mol. The van der Waals surface area contributed by atoms with Gasteiger partial charge in [-0.15, -0.1) is 0 Å². The van der Waals surface area contributed by atoms with Crippen LogP contribution in [0.15, 0.2) is 36.5 Å². The summed E-state index contributed by atoms with van der Waals surface area (Å²) in [5, 5.41) is 23.3. The van der Waals surface area contributed by atoms with Gasteiger partial charge in [0.05, 0.1) is 18.8 Å². The van der Waals surface area contributed by atoms with Crippen LogP contribution in [0.25, 0.3) is 0 Å². The third-order valence-corrected chi connectivity index (χ3v) is 16.4. The summed E-state index contributed by atoms with van der Waals surface area (Å²) < 4.78 is 0. The smallest absolute Gasteiger partial charge is 0.220 e. The molecule has 0 saturated carbocycles. The fourth-order valence-electron chi connectivity index (χ4n) is 11.1. The van der Waals surface area contributed by atoms with E-state index in [2.05, 4.69) is 43.5 Å². The van der Waals surface area contributed by atoms with E-state index in [9.17, 15) is 15.0 Å². The van der Waals surface area contributed by atoms with E-state index in [1.807, 2.05) is 6.08 Å². The van der Waals surface area contributed by atoms with Crippen LogP contribution in [-0.4, -0.2) is 34.9 Å². The number of carbonyl (C=O) groups is 1. The standard InChI is InChI=1S/C71H137NO3/c1-3-5-7-9-11-13-15-17-19-21-23-25-27-29-31-33-35-37-38-40-42-44-46-48-50-52-54-56-58-60-62-64-66-70(74)69(68-73)72-71(75)67-65-63-61-59-57-55-53-51-49-47-45-43-41-39-36-34-32-30-28-26-24-22-20-18-16-14-12-10-8-6-4-2/h48,50,56,58,64,66,69-70,73-74H,3-47,49,51-55,57,59-63,65,67-68H2,1-2H3,(H,72,75)/b50-48+,58-56+,66-64+. The molecular weight excluding hydrogens is 915 g/mol. The molecule has 0 aromatic rings. The number of hydrogen-bond donors (Lipinski definition) is 3. The Morgan fingerprint density at radius 2 is 0.520 bits per heavy atom. The molecule has 0 aliphatic rings. The normalized spacial score (nSPS) is 12.9. The average Bonchev–Trinajstić information content (AvgIpc) is 3.41. The van der Waals surface area contributed by atoms with Gasteiger partial charge in [0, 0.05) is 6.42 Å². The zero-order valence-electron chi connectivity index (χ0n) is 51.3. The van der Waals surface area contributed by atoms with E-state index in [4.69, 9.17) is 0 Å². The molecule has 4 nitrogen and oxygen atoms in total. The van der Waals surface area contributed by atoms with Crippen molar-refractivity contribution in [2.75, 3.05) is 6.61 Å². The predicted molar refractivity (Wildman–Crippen MR) is 336 cm³/mol. The van der Waals surface area contributed by atoms with Crippen molar-refractivity contribution in [1.29, 1.82) is 0 Å². The second kappa shape index (κ2) is 66.9. The topological polar surface area (TPSA) is 69.6 Å². The molecule has 3 N–H and O–H groups in total. The lowest BCUT2D eigenvalue weighted by molar-refractivity contribution is -0.123. The minimum Gasteiger partial charge on any atom is -0.394 e. The first-order chi connectivity index (χ1) is 37.2. The molecule has 0 heterocycles. The number of carbonyl (C=O) groups excluding carboxylic acids is 1. The molecule has 0 fully saturated rings. The molecule has 1 amide bonds. The first-order valence-corrected chi connectivity index (χ1v) is 34.7. The summed E-state index contributed by atoms with van der Waals surface area (Å²) in [4.78, 5) is 12.5. The molecule has 0 rings (SSSR count). The third kappa shape index (κ3) is 63.3. The van der Waals surface area contributed by atoms with E-state index in [1.165, 1.54) is 334 Å². The van der Waals surface area contributed by atoms with Crippen molar-refractivity contribution in [3.8, 4) is 0 Å². The number of unbranched alkanes of at least 4 members (excludes halogenated alkanes) is 54. The van der Waals surface area contributed by atoms with Crippen LogP contribution in [0.1, 0.15) is 393 Å². The summed E-state index contributed by atoms with van der Waals surface area (Å²) in [5.41, 5.74) is 0. The Morgan fingerprint density at radius 3 is 0.773 bits per heavy atom. The Bertz CT molecular complexity index is 1150. The van der Waals surface area contributed by atoms with Gasteiger partial charge >= 0.3 is 0 Å². The van der Waals surface area contributed by atoms with Crippen molar-refractivity contribution in [2.24, 2.45) is 0 Å². The lowest BCUT2D eigenvalue weighted by atomic mass is 10.0. The fraction of sp³-hybridized carbons (Fsp3) is 0.901. The second-order valence-electron chi connectivity index (χ2n) is 23.9. The fourth-order valence-corrected chi connectivity index (χ4v) is 11.1. The van der Waals surface area contributed by atoms with Gasteiger partial charge in [0.2, 0.25) is 5.91 Å². The summed E-state index contributed by atoms with van der Waals surface area (Å²) in [6, 6.07) is -0.645. The van der Waals surface area contributed by atoms with Crippen LogP contribution in [0, 0.1) is 0 Å². The molecule has 0 aromatic carbocycles. The zero-order valence-corrected chi connectivity index (χ0v) is 51.3. The summed E-state index contributed by atoms with van der Waals surface area (Å²) in [5.74, 6) is -0.0695. The molecule has 0 aliphatic heterocycles. The predicted octanol–water partition coefficient (Wildman–Crippen LogP) is 23.5. The van der Waals surface area contributed by atoms with Gasteiger partial charge in [-0.1, -0.05) is 378 Å². The van der Waals surface area contributed by atoms with Gasteiger partial charge < -0.3 is 15.5 Å². The Labute approximate surface area is 472 Å². The lowest BCUT2D eigenvalue weighted by Crippen LogP contribution is -2.45. The number of aliphatic hydroxyl groups excluding tert-OH is 2. The third-order valence-electron chi connectivity index (χ3n) is 16.4. The van der Waals surface area contributed by atoms with E-state index in [1.54, 1.807) is 6.08 Å². The minimum atomic E-state index is -0.870. The van der Waals surface area contributed by atoms with Crippen molar-refractivity contribution in [1.82, 2.24) is 5.32 Å². The lowest BCUT2D eigenvalue weighted by Gasteiger charge is -2.19. The SMILES string of the molecule is CCCCCCCCCCCCCCCCCCCCCCCC/C=C/CC/C=C/CC/C=C/C(O)C(CO)NC(=O)CCCCCCCCCCCCCCCCCCCCCCCCCCCCCCCCC. The molecule has 444 valence electrons. The average molecular weight is 1050 g/mol. The first-order valence-electron chi connectivity index (χ1n) is 34.7. The number of amides is 1. The summed E-state index contributed by atoms with van der Waals surface area (Å²) >= 11 is 0. The van der Waals surface area contributed by atoms with Crippen LogP contribution < -0.4 is 5.32 Å². The van der Waals surface area contributed by atoms with Gasteiger partial charge in [-0.3, -0.25) is 4.79 Å². The van der Waals surface area contributed by atoms with Crippen molar-refractivity contribution in [2.45, 2.75) is 405 Å². The molecule has 0 aliphatic carbocycles. The van der Waals surface area contributed by atoms with Gasteiger partial charge in [-0.25, -0.2) is 0 Å². The maximum Gasteiger partial charge on any atom is 0.220 e. The van der Waals surface area contributed by atoms with Crippen molar-refractivity contribution in [3.63, 3.8) is 0 Å². The molecule has 2 unspecified atom stereocenters. The molecular formula is C71H137NO3. The minimum absolute atomic E-state index is 0.0695. The maximum atomic E-state index is 12.5. The molecule has 0 bridgehead atoms. The van der Waals surface area contributed by atoms with Crippen LogP contribution in [-0.2, 0) is 4.79 Å².